The van der Waals surface area contributed by atoms with Gasteiger partial charge in [-0.1, -0.05) is 36.4 Å². The molecule has 0 atom stereocenters. The predicted molar refractivity (Wildman–Crippen MR) is 126 cm³/mol. The number of aromatic nitrogens is 5. The van der Waals surface area contributed by atoms with Crippen LogP contribution >= 0.6 is 0 Å². The lowest BCUT2D eigenvalue weighted by Gasteiger charge is -2.35. The van der Waals surface area contributed by atoms with Gasteiger partial charge in [-0.15, -0.1) is 10.2 Å². The maximum atomic E-state index is 13.1. The van der Waals surface area contributed by atoms with E-state index in [0.717, 1.165) is 22.9 Å². The van der Waals surface area contributed by atoms with E-state index in [0.29, 0.717) is 37.7 Å². The fraction of sp³-hybridized carbons (Fsp3) is 0.208. The average molecular weight is 441 g/mol. The number of piperazine rings is 1. The van der Waals surface area contributed by atoms with Gasteiger partial charge in [0, 0.05) is 45.0 Å². The minimum absolute atomic E-state index is 0.00664. The molecule has 1 N–H and O–H groups in total. The summed E-state index contributed by atoms with van der Waals surface area (Å²) in [6.45, 7) is 2.61. The number of anilines is 3. The fourth-order valence-electron chi connectivity index (χ4n) is 3.85. The fourth-order valence-corrected chi connectivity index (χ4v) is 3.85. The number of hydrogen-bond donors (Lipinski definition) is 1. The summed E-state index contributed by atoms with van der Waals surface area (Å²) in [5.41, 5.74) is 2.39. The molecule has 0 bridgehead atoms. The van der Waals surface area contributed by atoms with Gasteiger partial charge in [-0.3, -0.25) is 9.48 Å². The van der Waals surface area contributed by atoms with E-state index in [-0.39, 0.29) is 5.91 Å². The first-order valence-corrected chi connectivity index (χ1v) is 10.8. The molecular weight excluding hydrogens is 416 g/mol. The molecule has 0 saturated carbocycles. The number of amides is 1. The topological polar surface area (TPSA) is 92.1 Å². The maximum absolute atomic E-state index is 13.1. The third kappa shape index (κ3) is 4.52. The van der Waals surface area contributed by atoms with Crippen molar-refractivity contribution in [3.63, 3.8) is 0 Å². The van der Waals surface area contributed by atoms with Crippen LogP contribution < -0.4 is 10.2 Å². The van der Waals surface area contributed by atoms with Crippen molar-refractivity contribution in [3.8, 4) is 11.3 Å². The summed E-state index contributed by atoms with van der Waals surface area (Å²) in [5.74, 6) is 2.14. The van der Waals surface area contributed by atoms with Gasteiger partial charge >= 0.3 is 0 Å². The number of rotatable bonds is 5. The van der Waals surface area contributed by atoms with Crippen LogP contribution in [0.5, 0.6) is 0 Å². The number of nitrogens with zero attached hydrogens (tertiary/aromatic N) is 7. The second kappa shape index (κ2) is 9.07. The predicted octanol–water partition coefficient (Wildman–Crippen LogP) is 2.98. The summed E-state index contributed by atoms with van der Waals surface area (Å²) < 4.78 is 1.66. The van der Waals surface area contributed by atoms with Crippen LogP contribution in [0.25, 0.3) is 11.3 Å². The molecule has 1 aliphatic rings. The van der Waals surface area contributed by atoms with Crippen molar-refractivity contribution in [2.75, 3.05) is 36.4 Å². The van der Waals surface area contributed by atoms with Gasteiger partial charge in [-0.2, -0.15) is 5.10 Å². The monoisotopic (exact) mass is 440 g/mol. The van der Waals surface area contributed by atoms with E-state index in [9.17, 15) is 4.79 Å². The van der Waals surface area contributed by atoms with Crippen LogP contribution in [0.15, 0.2) is 72.9 Å². The molecule has 3 aromatic heterocycles. The number of hydrogen-bond acceptors (Lipinski definition) is 7. The number of pyridine rings is 1. The number of nitrogens with one attached hydrogen (secondary N) is 1. The highest BCUT2D eigenvalue weighted by molar-refractivity contribution is 5.94. The van der Waals surface area contributed by atoms with Gasteiger partial charge in [-0.25, -0.2) is 4.98 Å². The van der Waals surface area contributed by atoms with Crippen LogP contribution in [0.1, 0.15) is 10.5 Å². The molecule has 5 rings (SSSR count). The quantitative estimate of drug-likeness (QED) is 0.510. The summed E-state index contributed by atoms with van der Waals surface area (Å²) in [5, 5.41) is 16.3. The molecule has 1 aliphatic heterocycles. The summed E-state index contributed by atoms with van der Waals surface area (Å²) in [7, 11) is 1.81. The van der Waals surface area contributed by atoms with Crippen LogP contribution in [0.3, 0.4) is 0 Å². The molecular formula is C24H24N8O. The molecule has 1 saturated heterocycles. The van der Waals surface area contributed by atoms with Gasteiger partial charge in [0.2, 0.25) is 0 Å². The highest BCUT2D eigenvalue weighted by Crippen LogP contribution is 2.21. The highest BCUT2D eigenvalue weighted by atomic mass is 16.2. The van der Waals surface area contributed by atoms with Crippen LogP contribution in [0, 0.1) is 0 Å². The van der Waals surface area contributed by atoms with Gasteiger partial charge in [-0.05, 0) is 30.3 Å². The number of carbonyl (C=O) groups excluding carboxylic acids is 1. The Kier molecular flexibility index (Phi) is 5.67. The molecule has 4 heterocycles. The lowest BCUT2D eigenvalue weighted by Crippen LogP contribution is -2.49. The van der Waals surface area contributed by atoms with E-state index in [2.05, 4.69) is 30.5 Å². The van der Waals surface area contributed by atoms with Gasteiger partial charge < -0.3 is 15.1 Å². The van der Waals surface area contributed by atoms with Crippen LogP contribution in [-0.4, -0.2) is 61.9 Å². The first kappa shape index (κ1) is 20.6. The van der Waals surface area contributed by atoms with E-state index in [1.807, 2.05) is 78.7 Å². The lowest BCUT2D eigenvalue weighted by molar-refractivity contribution is 0.0735. The van der Waals surface area contributed by atoms with Crippen molar-refractivity contribution in [1.29, 1.82) is 0 Å². The van der Waals surface area contributed by atoms with E-state index in [1.54, 1.807) is 10.9 Å². The van der Waals surface area contributed by atoms with Crippen LogP contribution in [0.4, 0.5) is 17.5 Å². The Bertz CT molecular complexity index is 1220. The van der Waals surface area contributed by atoms with E-state index >= 15 is 0 Å². The zero-order valence-corrected chi connectivity index (χ0v) is 18.3. The summed E-state index contributed by atoms with van der Waals surface area (Å²) in [4.78, 5) is 21.4. The smallest absolute Gasteiger partial charge is 0.272 e. The Morgan fingerprint density at radius 3 is 2.36 bits per heavy atom. The van der Waals surface area contributed by atoms with Crippen molar-refractivity contribution in [3.05, 3.63) is 78.6 Å². The summed E-state index contributed by atoms with van der Waals surface area (Å²) >= 11 is 0. The van der Waals surface area contributed by atoms with Crippen LogP contribution in [-0.2, 0) is 7.05 Å². The zero-order valence-electron chi connectivity index (χ0n) is 18.3. The van der Waals surface area contributed by atoms with Crippen molar-refractivity contribution >= 4 is 23.4 Å². The van der Waals surface area contributed by atoms with Crippen LogP contribution in [0.2, 0.25) is 0 Å². The summed E-state index contributed by atoms with van der Waals surface area (Å²) in [6.07, 6.45) is 1.72. The molecule has 1 fully saturated rings. The Balaban J connectivity index is 1.20. The van der Waals surface area contributed by atoms with Crippen molar-refractivity contribution in [1.82, 2.24) is 29.9 Å². The average Bonchev–Trinajstić information content (AvgIpc) is 3.27. The minimum atomic E-state index is -0.00664. The largest absolute Gasteiger partial charge is 0.352 e. The summed E-state index contributed by atoms with van der Waals surface area (Å²) in [6, 6.07) is 21.2. The molecule has 0 aliphatic carbocycles. The van der Waals surface area contributed by atoms with Crippen molar-refractivity contribution < 1.29 is 4.79 Å². The van der Waals surface area contributed by atoms with Gasteiger partial charge in [0.15, 0.2) is 11.6 Å². The molecule has 1 aromatic carbocycles. The van der Waals surface area contributed by atoms with E-state index < -0.39 is 0 Å². The Morgan fingerprint density at radius 1 is 0.879 bits per heavy atom. The minimum Gasteiger partial charge on any atom is -0.352 e. The molecule has 9 nitrogen and oxygen atoms in total. The van der Waals surface area contributed by atoms with Gasteiger partial charge in [0.1, 0.15) is 11.5 Å². The third-order valence-electron chi connectivity index (χ3n) is 5.63. The highest BCUT2D eigenvalue weighted by Gasteiger charge is 2.25. The van der Waals surface area contributed by atoms with Gasteiger partial charge in [0.05, 0.1) is 5.69 Å². The van der Waals surface area contributed by atoms with E-state index in [4.69, 9.17) is 0 Å². The molecule has 33 heavy (non-hydrogen) atoms. The number of benzene rings is 1. The molecule has 0 radical (unpaired) electrons. The first-order chi connectivity index (χ1) is 16.2. The normalized spacial score (nSPS) is 13.7. The standard InChI is InChI=1S/C24H24N8O/c1-30-20(17-19(29-30)18-7-3-2-4-8-18)24(33)32-15-13-31(14-16-32)23-11-10-22(27-28-23)26-21-9-5-6-12-25-21/h2-12,17H,13-16H2,1H3,(H,25,26,27). The molecule has 166 valence electrons. The molecule has 1 amide bonds. The Labute approximate surface area is 191 Å². The number of aryl methyl sites for hydroxylation is 1. The van der Waals surface area contributed by atoms with Crippen molar-refractivity contribution in [2.45, 2.75) is 0 Å². The zero-order chi connectivity index (χ0) is 22.6. The van der Waals surface area contributed by atoms with Crippen molar-refractivity contribution in [2.24, 2.45) is 7.05 Å². The first-order valence-electron chi connectivity index (χ1n) is 10.8. The SMILES string of the molecule is Cn1nc(-c2ccccc2)cc1C(=O)N1CCN(c2ccc(Nc3ccccn3)nn2)CC1. The maximum Gasteiger partial charge on any atom is 0.272 e. The third-order valence-corrected chi connectivity index (χ3v) is 5.63. The molecule has 9 heteroatoms. The Hall–Kier alpha value is -4.27. The molecule has 0 unspecified atom stereocenters. The Morgan fingerprint density at radius 2 is 1.67 bits per heavy atom. The molecule has 4 aromatic rings. The second-order valence-electron chi connectivity index (χ2n) is 7.80. The van der Waals surface area contributed by atoms with Gasteiger partial charge in [0.25, 0.3) is 5.91 Å². The number of carbonyl (C=O) groups is 1. The molecule has 0 spiro atoms. The van der Waals surface area contributed by atoms with E-state index in [1.165, 1.54) is 0 Å². The second-order valence-corrected chi connectivity index (χ2v) is 7.80. The lowest BCUT2D eigenvalue weighted by atomic mass is 10.1.